The predicted molar refractivity (Wildman–Crippen MR) is 99.8 cm³/mol. The normalized spacial score (nSPS) is 11.9. The molecule has 0 spiro atoms. The molecule has 1 aliphatic rings. The van der Waals surface area contributed by atoms with E-state index in [9.17, 15) is 9.59 Å². The fourth-order valence-electron chi connectivity index (χ4n) is 2.65. The molecule has 3 heterocycles. The van der Waals surface area contributed by atoms with Gasteiger partial charge in [0.2, 0.25) is 6.79 Å². The van der Waals surface area contributed by atoms with Gasteiger partial charge < -0.3 is 9.47 Å². The van der Waals surface area contributed by atoms with E-state index in [0.717, 1.165) is 10.6 Å². The highest BCUT2D eigenvalue weighted by molar-refractivity contribution is 7.13. The van der Waals surface area contributed by atoms with E-state index >= 15 is 0 Å². The van der Waals surface area contributed by atoms with Gasteiger partial charge in [0.25, 0.3) is 11.8 Å². The molecule has 1 aromatic carbocycles. The molecule has 136 valence electrons. The molecule has 2 amide bonds. The number of nitrogens with one attached hydrogen (secondary N) is 2. The van der Waals surface area contributed by atoms with Gasteiger partial charge in [-0.2, -0.15) is 0 Å². The van der Waals surface area contributed by atoms with Gasteiger partial charge in [-0.3, -0.25) is 25.4 Å². The molecule has 27 heavy (non-hydrogen) atoms. The summed E-state index contributed by atoms with van der Waals surface area (Å²) in [7, 11) is 0. The Morgan fingerprint density at radius 1 is 1.04 bits per heavy atom. The highest BCUT2D eigenvalue weighted by atomic mass is 32.1. The van der Waals surface area contributed by atoms with E-state index < -0.39 is 11.8 Å². The Bertz CT molecular complexity index is 1020. The number of hydrazine groups is 1. The zero-order valence-corrected chi connectivity index (χ0v) is 15.1. The summed E-state index contributed by atoms with van der Waals surface area (Å²) in [6, 6.07) is 12.2. The zero-order chi connectivity index (χ0) is 18.8. The first-order valence-corrected chi connectivity index (χ1v) is 9.01. The molecule has 0 saturated heterocycles. The second-order valence-corrected chi connectivity index (χ2v) is 6.73. The number of amides is 2. The van der Waals surface area contributed by atoms with Crippen LogP contribution in [-0.2, 0) is 0 Å². The van der Waals surface area contributed by atoms with Crippen molar-refractivity contribution in [3.63, 3.8) is 0 Å². The molecule has 0 atom stereocenters. The van der Waals surface area contributed by atoms with E-state index in [4.69, 9.17) is 9.47 Å². The zero-order valence-electron chi connectivity index (χ0n) is 14.3. The maximum absolute atomic E-state index is 12.4. The number of hydrogen-bond donors (Lipinski definition) is 2. The van der Waals surface area contributed by atoms with Crippen LogP contribution in [0.25, 0.3) is 10.6 Å². The average Bonchev–Trinajstić information content (AvgIpc) is 3.36. The highest BCUT2D eigenvalue weighted by Crippen LogP contribution is 2.32. The van der Waals surface area contributed by atoms with Crippen LogP contribution >= 0.6 is 11.3 Å². The average molecular weight is 381 g/mol. The van der Waals surface area contributed by atoms with Gasteiger partial charge in [-0.05, 0) is 48.7 Å². The van der Waals surface area contributed by atoms with Gasteiger partial charge in [0.15, 0.2) is 11.5 Å². The van der Waals surface area contributed by atoms with Gasteiger partial charge in [-0.15, -0.1) is 11.3 Å². The SMILES string of the molecule is Cc1nc(-c2cccs2)ccc1C(=O)NNC(=O)c1ccc2c(c1)OCO2. The number of aromatic nitrogens is 1. The number of pyridine rings is 1. The molecule has 4 rings (SSSR count). The summed E-state index contributed by atoms with van der Waals surface area (Å²) in [5.41, 5.74) is 6.94. The summed E-state index contributed by atoms with van der Waals surface area (Å²) in [5, 5.41) is 1.97. The number of aryl methyl sites for hydroxylation is 1. The number of rotatable bonds is 3. The summed E-state index contributed by atoms with van der Waals surface area (Å²) < 4.78 is 10.5. The second kappa shape index (κ2) is 7.08. The summed E-state index contributed by atoms with van der Waals surface area (Å²) in [4.78, 5) is 30.1. The van der Waals surface area contributed by atoms with Crippen LogP contribution in [0.15, 0.2) is 47.8 Å². The largest absolute Gasteiger partial charge is 0.454 e. The van der Waals surface area contributed by atoms with E-state index in [1.807, 2.05) is 17.5 Å². The molecule has 8 heteroatoms. The maximum atomic E-state index is 12.4. The lowest BCUT2D eigenvalue weighted by atomic mass is 10.1. The quantitative estimate of drug-likeness (QED) is 0.681. The number of benzene rings is 1. The molecule has 0 radical (unpaired) electrons. The van der Waals surface area contributed by atoms with E-state index in [1.54, 1.807) is 48.6 Å². The number of carbonyl (C=O) groups is 2. The van der Waals surface area contributed by atoms with Gasteiger partial charge in [0, 0.05) is 5.56 Å². The molecule has 3 aromatic rings. The van der Waals surface area contributed by atoms with Gasteiger partial charge in [-0.1, -0.05) is 6.07 Å². The summed E-state index contributed by atoms with van der Waals surface area (Å²) >= 11 is 1.58. The topological polar surface area (TPSA) is 89.6 Å². The van der Waals surface area contributed by atoms with Crippen LogP contribution in [0.1, 0.15) is 26.4 Å². The van der Waals surface area contributed by atoms with Crippen molar-refractivity contribution in [2.75, 3.05) is 6.79 Å². The summed E-state index contributed by atoms with van der Waals surface area (Å²) in [6.07, 6.45) is 0. The predicted octanol–water partition coefficient (Wildman–Crippen LogP) is 2.92. The summed E-state index contributed by atoms with van der Waals surface area (Å²) in [6.45, 7) is 1.89. The number of thiophene rings is 1. The molecule has 2 aromatic heterocycles. The number of nitrogens with zero attached hydrogens (tertiary/aromatic N) is 1. The van der Waals surface area contributed by atoms with Crippen LogP contribution in [0.4, 0.5) is 0 Å². The standard InChI is InChI=1S/C19H15N3O4S/c1-11-13(5-6-14(20-11)17-3-2-8-27-17)19(24)22-21-18(23)12-4-7-15-16(9-12)26-10-25-15/h2-9H,10H2,1H3,(H,21,23)(H,22,24). The lowest BCUT2D eigenvalue weighted by Crippen LogP contribution is -2.41. The van der Waals surface area contributed by atoms with Gasteiger partial charge in [-0.25, -0.2) is 0 Å². The fourth-order valence-corrected chi connectivity index (χ4v) is 3.35. The minimum Gasteiger partial charge on any atom is -0.454 e. The monoisotopic (exact) mass is 381 g/mol. The fraction of sp³-hybridized carbons (Fsp3) is 0.105. The molecule has 0 aliphatic carbocycles. The molecule has 1 aliphatic heterocycles. The molecule has 7 nitrogen and oxygen atoms in total. The first kappa shape index (κ1) is 17.0. The first-order valence-electron chi connectivity index (χ1n) is 8.13. The van der Waals surface area contributed by atoms with E-state index in [1.165, 1.54) is 0 Å². The Hall–Kier alpha value is -3.39. The molecule has 0 fully saturated rings. The number of hydrogen-bond acceptors (Lipinski definition) is 6. The Balaban J connectivity index is 1.42. The maximum Gasteiger partial charge on any atom is 0.271 e. The van der Waals surface area contributed by atoms with Crippen molar-refractivity contribution in [1.82, 2.24) is 15.8 Å². The number of fused-ring (bicyclic) bond motifs is 1. The Labute approximate surface area is 158 Å². The number of carbonyl (C=O) groups excluding carboxylic acids is 2. The smallest absolute Gasteiger partial charge is 0.271 e. The van der Waals surface area contributed by atoms with E-state index in [0.29, 0.717) is 28.3 Å². The van der Waals surface area contributed by atoms with Crippen molar-refractivity contribution in [3.05, 3.63) is 64.7 Å². The van der Waals surface area contributed by atoms with Gasteiger partial charge in [0.05, 0.1) is 21.8 Å². The Kier molecular flexibility index (Phi) is 4.47. The highest BCUT2D eigenvalue weighted by Gasteiger charge is 2.17. The van der Waals surface area contributed by atoms with Gasteiger partial charge in [0.1, 0.15) is 0 Å². The third-order valence-corrected chi connectivity index (χ3v) is 4.92. The minimum absolute atomic E-state index is 0.130. The lowest BCUT2D eigenvalue weighted by Gasteiger charge is -2.10. The molecular weight excluding hydrogens is 366 g/mol. The van der Waals surface area contributed by atoms with Crippen LogP contribution in [-0.4, -0.2) is 23.6 Å². The second-order valence-electron chi connectivity index (χ2n) is 5.78. The Morgan fingerprint density at radius 2 is 1.85 bits per heavy atom. The molecule has 0 bridgehead atoms. The minimum atomic E-state index is -0.456. The Morgan fingerprint density at radius 3 is 2.63 bits per heavy atom. The lowest BCUT2D eigenvalue weighted by molar-refractivity contribution is 0.0846. The van der Waals surface area contributed by atoms with Crippen molar-refractivity contribution < 1.29 is 19.1 Å². The van der Waals surface area contributed by atoms with E-state index in [2.05, 4.69) is 15.8 Å². The molecule has 0 unspecified atom stereocenters. The molecule has 0 saturated carbocycles. The third-order valence-electron chi connectivity index (χ3n) is 4.03. The van der Waals surface area contributed by atoms with Crippen LogP contribution < -0.4 is 20.3 Å². The first-order chi connectivity index (χ1) is 13.1. The van der Waals surface area contributed by atoms with Crippen molar-refractivity contribution in [2.24, 2.45) is 0 Å². The van der Waals surface area contributed by atoms with Crippen molar-refractivity contribution >= 4 is 23.2 Å². The van der Waals surface area contributed by atoms with Crippen molar-refractivity contribution in [1.29, 1.82) is 0 Å². The van der Waals surface area contributed by atoms with Crippen LogP contribution in [0.2, 0.25) is 0 Å². The van der Waals surface area contributed by atoms with Crippen LogP contribution in [0, 0.1) is 6.92 Å². The van der Waals surface area contributed by atoms with Crippen LogP contribution in [0.3, 0.4) is 0 Å². The summed E-state index contributed by atoms with van der Waals surface area (Å²) in [5.74, 6) is 0.190. The van der Waals surface area contributed by atoms with Gasteiger partial charge >= 0.3 is 0 Å². The van der Waals surface area contributed by atoms with E-state index in [-0.39, 0.29) is 6.79 Å². The van der Waals surface area contributed by atoms with Crippen molar-refractivity contribution in [3.8, 4) is 22.1 Å². The molecular formula is C19H15N3O4S. The van der Waals surface area contributed by atoms with Crippen molar-refractivity contribution in [2.45, 2.75) is 6.92 Å². The number of ether oxygens (including phenoxy) is 2. The molecule has 2 N–H and O–H groups in total. The third kappa shape index (κ3) is 3.47. The van der Waals surface area contributed by atoms with Crippen LogP contribution in [0.5, 0.6) is 11.5 Å².